The summed E-state index contributed by atoms with van der Waals surface area (Å²) in [5, 5.41) is 5.48. The Kier molecular flexibility index (Phi) is 5.98. The van der Waals surface area contributed by atoms with Crippen LogP contribution in [0, 0.1) is 12.7 Å². The van der Waals surface area contributed by atoms with Crippen LogP contribution in [0.15, 0.2) is 66.7 Å². The van der Waals surface area contributed by atoms with Crippen LogP contribution < -0.4 is 10.6 Å². The van der Waals surface area contributed by atoms with Crippen molar-refractivity contribution in [3.8, 4) is 0 Å². The summed E-state index contributed by atoms with van der Waals surface area (Å²) in [5.74, 6) is 0.708. The molecule has 0 radical (unpaired) electrons. The molecule has 0 aliphatic rings. The molecule has 6 heteroatoms. The molecule has 0 saturated carbocycles. The van der Waals surface area contributed by atoms with Gasteiger partial charge in [0.05, 0.1) is 11.0 Å². The zero-order chi connectivity index (χ0) is 21.8. The van der Waals surface area contributed by atoms with Crippen molar-refractivity contribution in [2.24, 2.45) is 0 Å². The molecule has 0 bridgehead atoms. The molecule has 0 aliphatic carbocycles. The molecule has 4 aromatic rings. The summed E-state index contributed by atoms with van der Waals surface area (Å²) in [6, 6.07) is 20.1. The minimum atomic E-state index is -0.409. The predicted octanol–water partition coefficient (Wildman–Crippen LogP) is 5.93. The second-order valence-electron chi connectivity index (χ2n) is 7.50. The number of imidazole rings is 1. The molecular formula is C25H25FN4O. The van der Waals surface area contributed by atoms with E-state index in [1.807, 2.05) is 42.5 Å². The number of anilines is 2. The number of amides is 2. The SMILES string of the molecule is CCn1c(CCc2cccc(NC(=O)Nc3ccc(C)c(F)c3)c2)nc2ccccc21. The Morgan fingerprint density at radius 1 is 0.968 bits per heavy atom. The van der Waals surface area contributed by atoms with Gasteiger partial charge in [-0.1, -0.05) is 30.3 Å². The minimum Gasteiger partial charge on any atom is -0.328 e. The number of carbonyl (C=O) groups excluding carboxylic acids is 1. The number of carbonyl (C=O) groups is 1. The van der Waals surface area contributed by atoms with Crippen LogP contribution >= 0.6 is 0 Å². The van der Waals surface area contributed by atoms with Crippen LogP contribution in [0.4, 0.5) is 20.6 Å². The molecule has 0 fully saturated rings. The third-order valence-corrected chi connectivity index (χ3v) is 5.30. The second-order valence-corrected chi connectivity index (χ2v) is 7.50. The fraction of sp³-hybridized carbons (Fsp3) is 0.200. The lowest BCUT2D eigenvalue weighted by atomic mass is 10.1. The van der Waals surface area contributed by atoms with Crippen LogP contribution in [-0.2, 0) is 19.4 Å². The first-order chi connectivity index (χ1) is 15.0. The van der Waals surface area contributed by atoms with Crippen molar-refractivity contribution >= 4 is 28.4 Å². The van der Waals surface area contributed by atoms with Crippen LogP contribution in [0.1, 0.15) is 23.9 Å². The number of fused-ring (bicyclic) bond motifs is 1. The van der Waals surface area contributed by atoms with E-state index in [1.54, 1.807) is 19.1 Å². The molecule has 31 heavy (non-hydrogen) atoms. The predicted molar refractivity (Wildman–Crippen MR) is 123 cm³/mol. The van der Waals surface area contributed by atoms with Gasteiger partial charge in [0.1, 0.15) is 11.6 Å². The zero-order valence-corrected chi connectivity index (χ0v) is 17.7. The van der Waals surface area contributed by atoms with Gasteiger partial charge in [0, 0.05) is 24.3 Å². The fourth-order valence-corrected chi connectivity index (χ4v) is 3.69. The lowest BCUT2D eigenvalue weighted by molar-refractivity contribution is 0.262. The van der Waals surface area contributed by atoms with Gasteiger partial charge in [-0.2, -0.15) is 0 Å². The summed E-state index contributed by atoms with van der Waals surface area (Å²) in [7, 11) is 0. The van der Waals surface area contributed by atoms with E-state index >= 15 is 0 Å². The quantitative estimate of drug-likeness (QED) is 0.409. The number of urea groups is 1. The average molecular weight is 417 g/mol. The van der Waals surface area contributed by atoms with Gasteiger partial charge in [-0.3, -0.25) is 0 Å². The number of nitrogens with one attached hydrogen (secondary N) is 2. The Hall–Kier alpha value is -3.67. The second kappa shape index (κ2) is 9.00. The highest BCUT2D eigenvalue weighted by Gasteiger charge is 2.10. The van der Waals surface area contributed by atoms with Crippen LogP contribution in [-0.4, -0.2) is 15.6 Å². The number of nitrogens with zero attached hydrogens (tertiary/aromatic N) is 2. The van der Waals surface area contributed by atoms with Crippen LogP contribution in [0.25, 0.3) is 11.0 Å². The highest BCUT2D eigenvalue weighted by molar-refractivity contribution is 5.99. The number of rotatable bonds is 6. The molecule has 0 aliphatic heterocycles. The van der Waals surface area contributed by atoms with E-state index in [-0.39, 0.29) is 5.82 Å². The average Bonchev–Trinajstić information content (AvgIpc) is 3.12. The lowest BCUT2D eigenvalue weighted by Crippen LogP contribution is -2.19. The molecule has 158 valence electrons. The molecule has 0 saturated heterocycles. The molecule has 1 aromatic heterocycles. The first-order valence-corrected chi connectivity index (χ1v) is 10.4. The van der Waals surface area contributed by atoms with E-state index < -0.39 is 6.03 Å². The Morgan fingerprint density at radius 3 is 2.52 bits per heavy atom. The normalized spacial score (nSPS) is 10.9. The number of hydrogen-bond acceptors (Lipinski definition) is 2. The summed E-state index contributed by atoms with van der Waals surface area (Å²) < 4.78 is 15.9. The lowest BCUT2D eigenvalue weighted by Gasteiger charge is -2.10. The molecule has 0 spiro atoms. The standard InChI is InChI=1S/C25H25FN4O/c1-3-30-23-10-5-4-9-22(23)29-24(30)14-12-18-7-6-8-19(15-18)27-25(31)28-20-13-11-17(2)21(26)16-20/h4-11,13,15-16H,3,12,14H2,1-2H3,(H2,27,28,31). The van der Waals surface area contributed by atoms with E-state index in [0.29, 0.717) is 16.9 Å². The monoisotopic (exact) mass is 416 g/mol. The van der Waals surface area contributed by atoms with Crippen molar-refractivity contribution in [2.45, 2.75) is 33.2 Å². The highest BCUT2D eigenvalue weighted by Crippen LogP contribution is 2.19. The van der Waals surface area contributed by atoms with Gasteiger partial charge < -0.3 is 15.2 Å². The molecule has 3 aromatic carbocycles. The maximum absolute atomic E-state index is 13.7. The number of hydrogen-bond donors (Lipinski definition) is 2. The Morgan fingerprint density at radius 2 is 1.74 bits per heavy atom. The van der Waals surface area contributed by atoms with Gasteiger partial charge in [0.25, 0.3) is 0 Å². The maximum Gasteiger partial charge on any atom is 0.323 e. The molecule has 2 amide bonds. The van der Waals surface area contributed by atoms with Crippen molar-refractivity contribution < 1.29 is 9.18 Å². The van der Waals surface area contributed by atoms with Crippen molar-refractivity contribution in [1.82, 2.24) is 9.55 Å². The molecule has 1 heterocycles. The fourth-order valence-electron chi connectivity index (χ4n) is 3.69. The first-order valence-electron chi connectivity index (χ1n) is 10.4. The molecule has 4 rings (SSSR count). The first kappa shape index (κ1) is 20.6. The van der Waals surface area contributed by atoms with E-state index in [2.05, 4.69) is 28.2 Å². The van der Waals surface area contributed by atoms with E-state index in [0.717, 1.165) is 41.8 Å². The van der Waals surface area contributed by atoms with Crippen molar-refractivity contribution in [3.63, 3.8) is 0 Å². The largest absolute Gasteiger partial charge is 0.328 e. The summed E-state index contributed by atoms with van der Waals surface area (Å²) in [6.07, 6.45) is 1.62. The minimum absolute atomic E-state index is 0.349. The van der Waals surface area contributed by atoms with Gasteiger partial charge in [-0.15, -0.1) is 0 Å². The van der Waals surface area contributed by atoms with Gasteiger partial charge in [0.15, 0.2) is 0 Å². The molecule has 0 unspecified atom stereocenters. The van der Waals surface area contributed by atoms with Gasteiger partial charge in [-0.05, 0) is 67.8 Å². The number of halogens is 1. The van der Waals surface area contributed by atoms with E-state index in [9.17, 15) is 9.18 Å². The van der Waals surface area contributed by atoms with Crippen molar-refractivity contribution in [1.29, 1.82) is 0 Å². The number of aromatic nitrogens is 2. The summed E-state index contributed by atoms with van der Waals surface area (Å²) in [5.41, 5.74) is 4.91. The van der Waals surface area contributed by atoms with E-state index in [4.69, 9.17) is 4.98 Å². The summed E-state index contributed by atoms with van der Waals surface area (Å²) in [6.45, 7) is 4.68. The smallest absolute Gasteiger partial charge is 0.323 e. The van der Waals surface area contributed by atoms with E-state index in [1.165, 1.54) is 6.07 Å². The maximum atomic E-state index is 13.7. The topological polar surface area (TPSA) is 59.0 Å². The van der Waals surface area contributed by atoms with Crippen LogP contribution in [0.5, 0.6) is 0 Å². The molecular weight excluding hydrogens is 391 g/mol. The Balaban J connectivity index is 1.41. The van der Waals surface area contributed by atoms with Crippen LogP contribution in [0.3, 0.4) is 0 Å². The summed E-state index contributed by atoms with van der Waals surface area (Å²) >= 11 is 0. The highest BCUT2D eigenvalue weighted by atomic mass is 19.1. The Labute approximate surface area is 180 Å². The van der Waals surface area contributed by atoms with Crippen molar-refractivity contribution in [2.75, 3.05) is 10.6 Å². The van der Waals surface area contributed by atoms with Crippen molar-refractivity contribution in [3.05, 3.63) is 89.5 Å². The third kappa shape index (κ3) is 4.74. The zero-order valence-electron chi connectivity index (χ0n) is 17.7. The molecule has 2 N–H and O–H groups in total. The van der Waals surface area contributed by atoms with Gasteiger partial charge >= 0.3 is 6.03 Å². The molecule has 5 nitrogen and oxygen atoms in total. The van der Waals surface area contributed by atoms with Gasteiger partial charge in [0.2, 0.25) is 0 Å². The Bertz CT molecular complexity index is 1230. The number of para-hydroxylation sites is 2. The van der Waals surface area contributed by atoms with Gasteiger partial charge in [-0.25, -0.2) is 14.2 Å². The molecule has 0 atom stereocenters. The third-order valence-electron chi connectivity index (χ3n) is 5.30. The van der Waals surface area contributed by atoms with Crippen LogP contribution in [0.2, 0.25) is 0 Å². The summed E-state index contributed by atoms with van der Waals surface area (Å²) in [4.78, 5) is 17.1. The number of benzene rings is 3. The number of aryl methyl sites for hydroxylation is 4.